The maximum absolute atomic E-state index is 5.62. The zero-order chi connectivity index (χ0) is 12.5. The minimum atomic E-state index is 0.275. The van der Waals surface area contributed by atoms with Crippen LogP contribution in [0.2, 0.25) is 0 Å². The quantitative estimate of drug-likeness (QED) is 0.869. The van der Waals surface area contributed by atoms with Gasteiger partial charge in [0, 0.05) is 49.3 Å². The zero-order valence-electron chi connectivity index (χ0n) is 10.9. The molecular formula is C12H22N4S. The number of rotatable bonds is 2. The van der Waals surface area contributed by atoms with Crippen LogP contribution < -0.4 is 10.6 Å². The van der Waals surface area contributed by atoms with Gasteiger partial charge in [0.05, 0.1) is 0 Å². The largest absolute Gasteiger partial charge is 0.346 e. The third kappa shape index (κ3) is 2.97. The van der Waals surface area contributed by atoms with Crippen LogP contribution in [0.5, 0.6) is 0 Å². The van der Waals surface area contributed by atoms with Crippen LogP contribution in [0.15, 0.2) is 6.20 Å². The van der Waals surface area contributed by atoms with Gasteiger partial charge in [0.1, 0.15) is 0 Å². The molecule has 4 nitrogen and oxygen atoms in total. The van der Waals surface area contributed by atoms with Crippen LogP contribution in [0, 0.1) is 0 Å². The van der Waals surface area contributed by atoms with Crippen molar-refractivity contribution >= 4 is 16.5 Å². The lowest BCUT2D eigenvalue weighted by atomic mass is 10.1. The van der Waals surface area contributed by atoms with Crippen molar-refractivity contribution < 1.29 is 0 Å². The highest BCUT2D eigenvalue weighted by Crippen LogP contribution is 2.24. The summed E-state index contributed by atoms with van der Waals surface area (Å²) in [7, 11) is 0. The number of hydrogen-bond acceptors (Lipinski definition) is 5. The van der Waals surface area contributed by atoms with Crippen LogP contribution >= 0.6 is 11.3 Å². The summed E-state index contributed by atoms with van der Waals surface area (Å²) < 4.78 is 0. The van der Waals surface area contributed by atoms with E-state index in [0.717, 1.165) is 31.3 Å². The second kappa shape index (κ2) is 4.92. The molecule has 17 heavy (non-hydrogen) atoms. The summed E-state index contributed by atoms with van der Waals surface area (Å²) in [6, 6.07) is 0. The molecule has 0 aromatic carbocycles. The molecule has 0 spiro atoms. The maximum atomic E-state index is 5.62. The summed E-state index contributed by atoms with van der Waals surface area (Å²) in [4.78, 5) is 10.5. The molecule has 2 heterocycles. The fraction of sp³-hybridized carbons (Fsp3) is 0.750. The number of piperazine rings is 1. The Balaban J connectivity index is 1.95. The number of thiazole rings is 1. The van der Waals surface area contributed by atoms with Gasteiger partial charge >= 0.3 is 0 Å². The Bertz CT molecular complexity index is 361. The van der Waals surface area contributed by atoms with Crippen molar-refractivity contribution in [3.63, 3.8) is 0 Å². The molecular weight excluding hydrogens is 232 g/mol. The number of aromatic nitrogens is 1. The lowest BCUT2D eigenvalue weighted by Crippen LogP contribution is -2.53. The van der Waals surface area contributed by atoms with Gasteiger partial charge in [-0.3, -0.25) is 4.90 Å². The van der Waals surface area contributed by atoms with Crippen molar-refractivity contribution in [3.05, 3.63) is 11.1 Å². The maximum Gasteiger partial charge on any atom is 0.185 e. The third-order valence-electron chi connectivity index (χ3n) is 3.24. The summed E-state index contributed by atoms with van der Waals surface area (Å²) >= 11 is 1.72. The lowest BCUT2D eigenvalue weighted by molar-refractivity contribution is 0.128. The summed E-state index contributed by atoms with van der Waals surface area (Å²) in [5.41, 5.74) is 5.89. The molecule has 96 valence electrons. The van der Waals surface area contributed by atoms with E-state index in [1.54, 1.807) is 11.3 Å². The first-order chi connectivity index (χ1) is 8.00. The van der Waals surface area contributed by atoms with Gasteiger partial charge in [-0.1, -0.05) is 0 Å². The summed E-state index contributed by atoms with van der Waals surface area (Å²) in [6.07, 6.45) is 1.90. The molecule has 2 rings (SSSR count). The first-order valence-electron chi connectivity index (χ1n) is 6.15. The van der Waals surface area contributed by atoms with Gasteiger partial charge < -0.3 is 10.6 Å². The van der Waals surface area contributed by atoms with Crippen molar-refractivity contribution in [2.75, 3.05) is 31.1 Å². The van der Waals surface area contributed by atoms with E-state index >= 15 is 0 Å². The number of nitrogens with two attached hydrogens (primary N) is 1. The molecule has 1 aromatic heterocycles. The Labute approximate surface area is 107 Å². The SMILES string of the molecule is CC(C)(C)N1CCN(c2ncc(CN)s2)CC1. The topological polar surface area (TPSA) is 45.4 Å². The van der Waals surface area contributed by atoms with E-state index in [-0.39, 0.29) is 5.54 Å². The van der Waals surface area contributed by atoms with E-state index in [1.807, 2.05) is 6.20 Å². The van der Waals surface area contributed by atoms with Gasteiger partial charge in [0.15, 0.2) is 5.13 Å². The van der Waals surface area contributed by atoms with Crippen LogP contribution in [0.25, 0.3) is 0 Å². The summed E-state index contributed by atoms with van der Waals surface area (Å²) in [5, 5.41) is 1.12. The molecule has 0 amide bonds. The highest BCUT2D eigenvalue weighted by atomic mass is 32.1. The first kappa shape index (κ1) is 12.8. The van der Waals surface area contributed by atoms with E-state index in [1.165, 1.54) is 4.88 Å². The Hall–Kier alpha value is -0.650. The Morgan fingerprint density at radius 2 is 1.94 bits per heavy atom. The van der Waals surface area contributed by atoms with Gasteiger partial charge in [-0.25, -0.2) is 4.98 Å². The molecule has 0 atom stereocenters. The fourth-order valence-corrected chi connectivity index (χ4v) is 2.95. The van der Waals surface area contributed by atoms with E-state index in [0.29, 0.717) is 6.54 Å². The number of hydrogen-bond donors (Lipinski definition) is 1. The van der Waals surface area contributed by atoms with E-state index in [9.17, 15) is 0 Å². The van der Waals surface area contributed by atoms with Crippen molar-refractivity contribution in [1.29, 1.82) is 0 Å². The molecule has 1 fully saturated rings. The van der Waals surface area contributed by atoms with Crippen LogP contribution in [-0.4, -0.2) is 41.6 Å². The molecule has 0 radical (unpaired) electrons. The van der Waals surface area contributed by atoms with Crippen molar-refractivity contribution in [3.8, 4) is 0 Å². The highest BCUT2D eigenvalue weighted by molar-refractivity contribution is 7.15. The number of nitrogens with zero attached hydrogens (tertiary/aromatic N) is 3. The van der Waals surface area contributed by atoms with E-state index in [2.05, 4.69) is 35.6 Å². The second-order valence-electron chi connectivity index (χ2n) is 5.46. The predicted octanol–water partition coefficient (Wildman–Crippen LogP) is 1.52. The summed E-state index contributed by atoms with van der Waals surface area (Å²) in [6.45, 7) is 11.8. The van der Waals surface area contributed by atoms with Crippen LogP contribution in [0.4, 0.5) is 5.13 Å². The predicted molar refractivity (Wildman–Crippen MR) is 73.5 cm³/mol. The van der Waals surface area contributed by atoms with Crippen LogP contribution in [0.1, 0.15) is 25.6 Å². The average molecular weight is 254 g/mol. The molecule has 0 saturated carbocycles. The summed E-state index contributed by atoms with van der Waals surface area (Å²) in [5.74, 6) is 0. The molecule has 0 aliphatic carbocycles. The normalized spacial score (nSPS) is 18.7. The van der Waals surface area contributed by atoms with Gasteiger partial charge in [-0.05, 0) is 20.8 Å². The fourth-order valence-electron chi connectivity index (χ4n) is 2.11. The molecule has 1 saturated heterocycles. The Morgan fingerprint density at radius 1 is 1.29 bits per heavy atom. The molecule has 0 bridgehead atoms. The highest BCUT2D eigenvalue weighted by Gasteiger charge is 2.26. The monoisotopic (exact) mass is 254 g/mol. The van der Waals surface area contributed by atoms with E-state index < -0.39 is 0 Å². The smallest absolute Gasteiger partial charge is 0.185 e. The van der Waals surface area contributed by atoms with Crippen LogP contribution in [0.3, 0.4) is 0 Å². The van der Waals surface area contributed by atoms with Crippen molar-refractivity contribution in [2.45, 2.75) is 32.9 Å². The third-order valence-corrected chi connectivity index (χ3v) is 4.32. The Morgan fingerprint density at radius 3 is 2.41 bits per heavy atom. The van der Waals surface area contributed by atoms with Gasteiger partial charge in [-0.15, -0.1) is 11.3 Å². The molecule has 2 N–H and O–H groups in total. The van der Waals surface area contributed by atoms with Crippen molar-refractivity contribution in [2.24, 2.45) is 5.73 Å². The van der Waals surface area contributed by atoms with Gasteiger partial charge in [0.2, 0.25) is 0 Å². The van der Waals surface area contributed by atoms with Gasteiger partial charge in [0.25, 0.3) is 0 Å². The van der Waals surface area contributed by atoms with Crippen LogP contribution in [-0.2, 0) is 6.54 Å². The standard InChI is InChI=1S/C12H22N4S/c1-12(2,3)16-6-4-15(5-7-16)11-14-9-10(8-13)17-11/h9H,4-8,13H2,1-3H3. The van der Waals surface area contributed by atoms with Gasteiger partial charge in [-0.2, -0.15) is 0 Å². The Kier molecular flexibility index (Phi) is 3.70. The van der Waals surface area contributed by atoms with E-state index in [4.69, 9.17) is 5.73 Å². The molecule has 1 aliphatic heterocycles. The first-order valence-corrected chi connectivity index (χ1v) is 6.97. The molecule has 0 unspecified atom stereocenters. The molecule has 1 aromatic rings. The zero-order valence-corrected chi connectivity index (χ0v) is 11.8. The minimum Gasteiger partial charge on any atom is -0.346 e. The molecule has 1 aliphatic rings. The average Bonchev–Trinajstić information content (AvgIpc) is 2.76. The van der Waals surface area contributed by atoms with Crippen molar-refractivity contribution in [1.82, 2.24) is 9.88 Å². The molecule has 5 heteroatoms. The minimum absolute atomic E-state index is 0.275. The number of anilines is 1. The lowest BCUT2D eigenvalue weighted by Gasteiger charge is -2.42. The second-order valence-corrected chi connectivity index (χ2v) is 6.55.